The predicted octanol–water partition coefficient (Wildman–Crippen LogP) is 0.623. The molecule has 6 nitrogen and oxygen atoms in total. The molecule has 2 bridgehead atoms. The Labute approximate surface area is 125 Å². The smallest absolute Gasteiger partial charge is 0.264 e. The highest BCUT2D eigenvalue weighted by Crippen LogP contribution is 2.63. The summed E-state index contributed by atoms with van der Waals surface area (Å²) in [6, 6.07) is 0. The highest BCUT2D eigenvalue weighted by molar-refractivity contribution is 7.86. The second-order valence-electron chi connectivity index (χ2n) is 6.41. The summed E-state index contributed by atoms with van der Waals surface area (Å²) in [5, 5.41) is 0. The average molecular weight is 336 g/mol. The van der Waals surface area contributed by atoms with Crippen LogP contribution in [0.3, 0.4) is 0 Å². The normalized spacial score (nSPS) is 41.0. The second kappa shape index (κ2) is 5.04. The summed E-state index contributed by atoms with van der Waals surface area (Å²) < 4.78 is 54.9. The van der Waals surface area contributed by atoms with E-state index in [-0.39, 0.29) is 36.9 Å². The Balaban J connectivity index is 1.75. The van der Waals surface area contributed by atoms with Gasteiger partial charge in [-0.1, -0.05) is 12.2 Å². The molecular weight excluding hydrogens is 316 g/mol. The Hall–Kier alpha value is -0.440. The number of hydrogen-bond donors (Lipinski definition) is 0. The van der Waals surface area contributed by atoms with Crippen LogP contribution in [0.4, 0.5) is 0 Å². The molecule has 0 spiro atoms. The second-order valence-corrected chi connectivity index (χ2v) is 9.70. The predicted molar refractivity (Wildman–Crippen MR) is 76.3 cm³/mol. The standard InChI is InChI=1S/C13H20O6S2/c1-20(14,15)18-6-12-8-3-4-9(11-5-10(8)11)13(12)7-19-21(2,16)17/h3-4,8-13H,5-7H2,1-2H3/t8-,9-,10-,11-,12+,13+/m1/s1. The van der Waals surface area contributed by atoms with Crippen molar-refractivity contribution in [2.24, 2.45) is 35.5 Å². The summed E-state index contributed by atoms with van der Waals surface area (Å²) in [4.78, 5) is 0. The molecule has 0 heterocycles. The first-order chi connectivity index (χ1) is 9.66. The van der Waals surface area contributed by atoms with Crippen LogP contribution in [0.15, 0.2) is 12.2 Å². The Bertz CT molecular complexity index is 594. The zero-order valence-electron chi connectivity index (χ0n) is 12.0. The number of allylic oxidation sites excluding steroid dienone is 2. The lowest BCUT2D eigenvalue weighted by molar-refractivity contribution is 0.0379. The lowest BCUT2D eigenvalue weighted by Crippen LogP contribution is -2.43. The molecule has 4 aliphatic carbocycles. The minimum atomic E-state index is -3.49. The maximum absolute atomic E-state index is 11.2. The first-order valence-electron chi connectivity index (χ1n) is 7.03. The molecule has 21 heavy (non-hydrogen) atoms. The van der Waals surface area contributed by atoms with Gasteiger partial charge in [-0.15, -0.1) is 0 Å². The first-order valence-corrected chi connectivity index (χ1v) is 10.7. The molecule has 0 aromatic carbocycles. The molecule has 6 atom stereocenters. The van der Waals surface area contributed by atoms with E-state index in [1.165, 1.54) is 0 Å². The van der Waals surface area contributed by atoms with Crippen molar-refractivity contribution in [1.29, 1.82) is 0 Å². The molecule has 4 rings (SSSR count). The maximum Gasteiger partial charge on any atom is 0.264 e. The Morgan fingerprint density at radius 1 is 0.857 bits per heavy atom. The van der Waals surface area contributed by atoms with Gasteiger partial charge in [0, 0.05) is 0 Å². The molecule has 8 heteroatoms. The average Bonchev–Trinajstić information content (AvgIpc) is 3.13. The topological polar surface area (TPSA) is 86.7 Å². The summed E-state index contributed by atoms with van der Waals surface area (Å²) in [6.07, 6.45) is 7.49. The van der Waals surface area contributed by atoms with Crippen LogP contribution in [0.25, 0.3) is 0 Å². The lowest BCUT2D eigenvalue weighted by Gasteiger charge is -2.44. The van der Waals surface area contributed by atoms with Gasteiger partial charge in [-0.2, -0.15) is 16.8 Å². The van der Waals surface area contributed by atoms with Gasteiger partial charge in [-0.3, -0.25) is 8.37 Å². The van der Waals surface area contributed by atoms with Crippen molar-refractivity contribution < 1.29 is 25.2 Å². The minimum absolute atomic E-state index is 0.000208. The molecule has 0 aromatic heterocycles. The number of rotatable bonds is 6. The van der Waals surface area contributed by atoms with Crippen molar-refractivity contribution in [2.75, 3.05) is 25.7 Å². The summed E-state index contributed by atoms with van der Waals surface area (Å²) >= 11 is 0. The van der Waals surface area contributed by atoms with Gasteiger partial charge in [0.05, 0.1) is 25.7 Å². The zero-order chi connectivity index (χ0) is 15.4. The molecular formula is C13H20O6S2. The van der Waals surface area contributed by atoms with E-state index in [9.17, 15) is 16.8 Å². The molecule has 0 aromatic rings. The highest BCUT2D eigenvalue weighted by atomic mass is 32.2. The molecule has 4 aliphatic rings. The fraction of sp³-hybridized carbons (Fsp3) is 0.846. The molecule has 2 saturated carbocycles. The maximum atomic E-state index is 11.2. The van der Waals surface area contributed by atoms with Gasteiger partial charge in [-0.05, 0) is 41.9 Å². The van der Waals surface area contributed by atoms with Crippen LogP contribution in [0.5, 0.6) is 0 Å². The molecule has 0 radical (unpaired) electrons. The minimum Gasteiger partial charge on any atom is -0.270 e. The van der Waals surface area contributed by atoms with Crippen LogP contribution < -0.4 is 0 Å². The summed E-state index contributed by atoms with van der Waals surface area (Å²) in [7, 11) is -6.99. The molecule has 120 valence electrons. The fourth-order valence-electron chi connectivity index (χ4n) is 4.03. The van der Waals surface area contributed by atoms with Crippen LogP contribution in [-0.2, 0) is 28.6 Å². The zero-order valence-corrected chi connectivity index (χ0v) is 13.6. The van der Waals surface area contributed by atoms with Crippen LogP contribution >= 0.6 is 0 Å². The van der Waals surface area contributed by atoms with Crippen molar-refractivity contribution in [3.05, 3.63) is 12.2 Å². The van der Waals surface area contributed by atoms with Gasteiger partial charge in [0.15, 0.2) is 0 Å². The lowest BCUT2D eigenvalue weighted by atomic mass is 9.63. The molecule has 0 unspecified atom stereocenters. The van der Waals surface area contributed by atoms with Gasteiger partial charge in [0.1, 0.15) is 0 Å². The number of fused-ring (bicyclic) bond motifs is 1. The molecule has 0 N–H and O–H groups in total. The van der Waals surface area contributed by atoms with Crippen molar-refractivity contribution in [3.63, 3.8) is 0 Å². The first kappa shape index (κ1) is 15.5. The number of hydrogen-bond acceptors (Lipinski definition) is 6. The summed E-state index contributed by atoms with van der Waals surface area (Å²) in [5.41, 5.74) is 0. The monoisotopic (exact) mass is 336 g/mol. The van der Waals surface area contributed by atoms with Crippen molar-refractivity contribution in [1.82, 2.24) is 0 Å². The van der Waals surface area contributed by atoms with Crippen molar-refractivity contribution in [2.45, 2.75) is 6.42 Å². The van der Waals surface area contributed by atoms with E-state index < -0.39 is 20.2 Å². The van der Waals surface area contributed by atoms with E-state index >= 15 is 0 Å². The van der Waals surface area contributed by atoms with E-state index in [0.717, 1.165) is 18.9 Å². The van der Waals surface area contributed by atoms with E-state index in [4.69, 9.17) is 8.37 Å². The Morgan fingerprint density at radius 2 is 1.24 bits per heavy atom. The highest BCUT2D eigenvalue weighted by Gasteiger charge is 2.59. The summed E-state index contributed by atoms with van der Waals surface area (Å²) in [6.45, 7) is 0.205. The quantitative estimate of drug-likeness (QED) is 0.522. The van der Waals surface area contributed by atoms with Crippen LogP contribution in [0.2, 0.25) is 0 Å². The molecule has 0 amide bonds. The van der Waals surface area contributed by atoms with Crippen LogP contribution in [-0.4, -0.2) is 42.6 Å². The fourth-order valence-corrected chi connectivity index (χ4v) is 4.84. The molecule has 0 aliphatic heterocycles. The third-order valence-corrected chi connectivity index (χ3v) is 6.05. The van der Waals surface area contributed by atoms with E-state index in [1.807, 2.05) is 0 Å². The third-order valence-electron chi connectivity index (χ3n) is 4.92. The third kappa shape index (κ3) is 3.33. The van der Waals surface area contributed by atoms with Crippen LogP contribution in [0, 0.1) is 35.5 Å². The Morgan fingerprint density at radius 3 is 1.57 bits per heavy atom. The van der Waals surface area contributed by atoms with Gasteiger partial charge >= 0.3 is 0 Å². The van der Waals surface area contributed by atoms with Gasteiger partial charge in [-0.25, -0.2) is 0 Å². The van der Waals surface area contributed by atoms with Gasteiger partial charge in [0.2, 0.25) is 0 Å². The van der Waals surface area contributed by atoms with Crippen molar-refractivity contribution in [3.8, 4) is 0 Å². The van der Waals surface area contributed by atoms with Gasteiger partial charge < -0.3 is 0 Å². The SMILES string of the molecule is CS(=O)(=O)OC[C@H]1[C@@H]2C=C[C@H]([C@H]3C[C@H]23)[C@@H]1COS(C)(=O)=O. The summed E-state index contributed by atoms with van der Waals surface area (Å²) in [5.74, 6) is 1.75. The molecule has 2 fully saturated rings. The molecule has 0 saturated heterocycles. The van der Waals surface area contributed by atoms with E-state index in [2.05, 4.69) is 12.2 Å². The van der Waals surface area contributed by atoms with Gasteiger partial charge in [0.25, 0.3) is 20.2 Å². The van der Waals surface area contributed by atoms with E-state index in [1.54, 1.807) is 0 Å². The largest absolute Gasteiger partial charge is 0.270 e. The Kier molecular flexibility index (Phi) is 3.71. The van der Waals surface area contributed by atoms with Crippen molar-refractivity contribution >= 4 is 20.2 Å². The van der Waals surface area contributed by atoms with E-state index in [0.29, 0.717) is 11.8 Å². The van der Waals surface area contributed by atoms with Crippen LogP contribution in [0.1, 0.15) is 6.42 Å².